The second kappa shape index (κ2) is 6.50. The van der Waals surface area contributed by atoms with Gasteiger partial charge in [0.15, 0.2) is 0 Å². The highest BCUT2D eigenvalue weighted by atomic mass is 15.4. The maximum atomic E-state index is 2.56. The van der Waals surface area contributed by atoms with Crippen LogP contribution in [-0.4, -0.2) is 18.1 Å². The van der Waals surface area contributed by atoms with Gasteiger partial charge in [0.05, 0.1) is 5.70 Å². The summed E-state index contributed by atoms with van der Waals surface area (Å²) in [5, 5.41) is 0. The van der Waals surface area contributed by atoms with E-state index in [0.29, 0.717) is 6.17 Å². The topological polar surface area (TPSA) is 6.48 Å². The van der Waals surface area contributed by atoms with E-state index in [-0.39, 0.29) is 5.41 Å². The van der Waals surface area contributed by atoms with Crippen molar-refractivity contribution in [1.82, 2.24) is 4.90 Å². The molecule has 0 fully saturated rings. The van der Waals surface area contributed by atoms with Crippen molar-refractivity contribution in [3.8, 4) is 0 Å². The quantitative estimate of drug-likeness (QED) is 0.680. The van der Waals surface area contributed by atoms with Gasteiger partial charge in [-0.3, -0.25) is 0 Å². The second-order valence-electron chi connectivity index (χ2n) is 8.05. The number of benzene rings is 1. The Hall–Kier alpha value is -2.22. The Balaban J connectivity index is 1.74. The summed E-state index contributed by atoms with van der Waals surface area (Å²) < 4.78 is 0. The van der Waals surface area contributed by atoms with Gasteiger partial charge in [-0.25, -0.2) is 0 Å². The highest BCUT2D eigenvalue weighted by Gasteiger charge is 2.36. The summed E-state index contributed by atoms with van der Waals surface area (Å²) in [5.41, 5.74) is 7.13. The molecule has 2 unspecified atom stereocenters. The molecule has 4 rings (SSSR count). The van der Waals surface area contributed by atoms with Gasteiger partial charge in [0.2, 0.25) is 0 Å². The number of aryl methyl sites for hydroxylation is 1. The van der Waals surface area contributed by atoms with Crippen LogP contribution in [0.5, 0.6) is 0 Å². The fraction of sp³-hybridized carbons (Fsp3) is 0.417. The van der Waals surface area contributed by atoms with Crippen molar-refractivity contribution < 1.29 is 0 Å². The van der Waals surface area contributed by atoms with Crippen molar-refractivity contribution >= 4 is 5.69 Å². The lowest BCUT2D eigenvalue weighted by Crippen LogP contribution is -2.38. The fourth-order valence-corrected chi connectivity index (χ4v) is 4.70. The molecule has 0 radical (unpaired) electrons. The first-order chi connectivity index (χ1) is 12.5. The third-order valence-corrected chi connectivity index (χ3v) is 6.28. The Kier molecular flexibility index (Phi) is 4.30. The first-order valence-corrected chi connectivity index (χ1v) is 9.92. The zero-order valence-electron chi connectivity index (χ0n) is 16.5. The maximum absolute atomic E-state index is 2.56. The minimum Gasteiger partial charge on any atom is -0.356 e. The number of rotatable bonds is 3. The number of anilines is 1. The van der Waals surface area contributed by atoms with E-state index in [0.717, 1.165) is 25.7 Å². The minimum atomic E-state index is 0.110. The van der Waals surface area contributed by atoms with Gasteiger partial charge in [-0.2, -0.15) is 0 Å². The van der Waals surface area contributed by atoms with Gasteiger partial charge < -0.3 is 9.80 Å². The highest BCUT2D eigenvalue weighted by Crippen LogP contribution is 2.42. The molecule has 0 N–H and O–H groups in total. The van der Waals surface area contributed by atoms with E-state index in [2.05, 4.69) is 92.3 Å². The van der Waals surface area contributed by atoms with Gasteiger partial charge in [-0.1, -0.05) is 56.4 Å². The fourth-order valence-electron chi connectivity index (χ4n) is 4.70. The number of hydrogen-bond acceptors (Lipinski definition) is 2. The molecule has 136 valence electrons. The summed E-state index contributed by atoms with van der Waals surface area (Å²) in [4.78, 5) is 5.05. The molecule has 2 nitrogen and oxygen atoms in total. The Morgan fingerprint density at radius 1 is 1.19 bits per heavy atom. The van der Waals surface area contributed by atoms with Crippen LogP contribution in [0.2, 0.25) is 0 Å². The molecule has 0 saturated carbocycles. The van der Waals surface area contributed by atoms with Crippen LogP contribution in [0.4, 0.5) is 5.69 Å². The van der Waals surface area contributed by atoms with Gasteiger partial charge in [0.25, 0.3) is 0 Å². The zero-order chi connectivity index (χ0) is 18.3. The van der Waals surface area contributed by atoms with E-state index in [4.69, 9.17) is 0 Å². The lowest BCUT2D eigenvalue weighted by atomic mass is 9.77. The van der Waals surface area contributed by atoms with Crippen LogP contribution < -0.4 is 4.90 Å². The Labute approximate surface area is 158 Å². The van der Waals surface area contributed by atoms with Crippen molar-refractivity contribution in [3.63, 3.8) is 0 Å². The van der Waals surface area contributed by atoms with E-state index < -0.39 is 0 Å². The molecule has 26 heavy (non-hydrogen) atoms. The third kappa shape index (κ3) is 2.63. The molecule has 2 heteroatoms. The highest BCUT2D eigenvalue weighted by molar-refractivity contribution is 5.65. The molecular weight excluding hydrogens is 316 g/mol. The molecule has 0 aromatic heterocycles. The maximum Gasteiger partial charge on any atom is 0.106 e. The van der Waals surface area contributed by atoms with Gasteiger partial charge in [0, 0.05) is 23.8 Å². The van der Waals surface area contributed by atoms with Crippen LogP contribution in [0.25, 0.3) is 0 Å². The van der Waals surface area contributed by atoms with Crippen LogP contribution in [0.3, 0.4) is 0 Å². The molecule has 1 aliphatic heterocycles. The molecule has 1 heterocycles. The SMILES string of the molecule is CCC1N(C)C2=C(C=CCC2)N1c1ccc(C2(C)C=CC=CC2)cc1C. The van der Waals surface area contributed by atoms with Crippen molar-refractivity contribution in [2.45, 2.75) is 58.0 Å². The summed E-state index contributed by atoms with van der Waals surface area (Å²) in [7, 11) is 2.26. The van der Waals surface area contributed by atoms with E-state index in [1.54, 1.807) is 0 Å². The molecule has 0 spiro atoms. The Morgan fingerprint density at radius 3 is 2.73 bits per heavy atom. The van der Waals surface area contributed by atoms with Crippen molar-refractivity contribution in [2.75, 3.05) is 11.9 Å². The summed E-state index contributed by atoms with van der Waals surface area (Å²) >= 11 is 0. The smallest absolute Gasteiger partial charge is 0.106 e. The van der Waals surface area contributed by atoms with Gasteiger partial charge in [-0.05, 0) is 55.9 Å². The van der Waals surface area contributed by atoms with E-state index in [1.165, 1.54) is 28.2 Å². The average molecular weight is 347 g/mol. The summed E-state index contributed by atoms with van der Waals surface area (Å²) in [6.07, 6.45) is 18.5. The third-order valence-electron chi connectivity index (χ3n) is 6.28. The molecular formula is C24H30N2. The van der Waals surface area contributed by atoms with E-state index in [1.807, 2.05) is 0 Å². The molecule has 2 aliphatic carbocycles. The number of hydrogen-bond donors (Lipinski definition) is 0. The summed E-state index contributed by atoms with van der Waals surface area (Å²) in [6.45, 7) is 6.90. The largest absolute Gasteiger partial charge is 0.356 e. The van der Waals surface area contributed by atoms with Crippen molar-refractivity contribution in [2.24, 2.45) is 0 Å². The molecule has 1 aromatic rings. The van der Waals surface area contributed by atoms with Crippen molar-refractivity contribution in [3.05, 3.63) is 77.2 Å². The lowest BCUT2D eigenvalue weighted by Gasteiger charge is -2.34. The average Bonchev–Trinajstić information content (AvgIpc) is 2.94. The monoisotopic (exact) mass is 346 g/mol. The normalized spacial score (nSPS) is 27.5. The van der Waals surface area contributed by atoms with Crippen LogP contribution in [0.1, 0.15) is 50.7 Å². The molecule has 0 saturated heterocycles. The number of nitrogens with zero attached hydrogens (tertiary/aromatic N) is 2. The molecule has 0 bridgehead atoms. The van der Waals surface area contributed by atoms with Gasteiger partial charge in [-0.15, -0.1) is 0 Å². The van der Waals surface area contributed by atoms with Crippen LogP contribution in [0.15, 0.2) is 66.0 Å². The number of allylic oxidation sites excluding steroid dienone is 7. The zero-order valence-corrected chi connectivity index (χ0v) is 16.5. The van der Waals surface area contributed by atoms with Crippen LogP contribution in [0, 0.1) is 6.92 Å². The first-order valence-electron chi connectivity index (χ1n) is 9.92. The molecule has 2 atom stereocenters. The Bertz CT molecular complexity index is 827. The van der Waals surface area contributed by atoms with Crippen LogP contribution >= 0.6 is 0 Å². The van der Waals surface area contributed by atoms with Crippen molar-refractivity contribution in [1.29, 1.82) is 0 Å². The first kappa shape index (κ1) is 17.2. The molecule has 3 aliphatic rings. The van der Waals surface area contributed by atoms with Gasteiger partial charge >= 0.3 is 0 Å². The molecule has 1 aromatic carbocycles. The van der Waals surface area contributed by atoms with Gasteiger partial charge in [0.1, 0.15) is 6.17 Å². The van der Waals surface area contributed by atoms with E-state index >= 15 is 0 Å². The lowest BCUT2D eigenvalue weighted by molar-refractivity contribution is 0.318. The second-order valence-corrected chi connectivity index (χ2v) is 8.05. The Morgan fingerprint density at radius 2 is 2.04 bits per heavy atom. The molecule has 0 amide bonds. The standard InChI is InChI=1S/C24H30N2/c1-5-23-25(4)21-11-7-8-12-22(21)26(23)20-14-13-19(17-18(20)2)24(3)15-9-6-10-16-24/h6,8-10,12-15,17,23H,5,7,11,16H2,1-4H3. The van der Waals surface area contributed by atoms with E-state index in [9.17, 15) is 0 Å². The summed E-state index contributed by atoms with van der Waals surface area (Å²) in [6, 6.07) is 7.08. The van der Waals surface area contributed by atoms with Crippen LogP contribution in [-0.2, 0) is 5.41 Å². The predicted octanol–water partition coefficient (Wildman–Crippen LogP) is 5.82. The predicted molar refractivity (Wildman–Crippen MR) is 111 cm³/mol. The minimum absolute atomic E-state index is 0.110. The summed E-state index contributed by atoms with van der Waals surface area (Å²) in [5.74, 6) is 0.